The Hall–Kier alpha value is -2.25. The van der Waals surface area contributed by atoms with Crippen molar-refractivity contribution in [3.05, 3.63) is 29.8 Å². The number of carbonyl (C=O) groups is 2. The summed E-state index contributed by atoms with van der Waals surface area (Å²) in [4.78, 5) is 27.0. The van der Waals surface area contributed by atoms with E-state index >= 15 is 0 Å². The molecule has 0 N–H and O–H groups in total. The second-order valence-electron chi connectivity index (χ2n) is 7.04. The zero-order valence-corrected chi connectivity index (χ0v) is 15.1. The van der Waals surface area contributed by atoms with Gasteiger partial charge in [0.2, 0.25) is 5.91 Å². The van der Waals surface area contributed by atoms with Crippen molar-refractivity contribution in [1.29, 1.82) is 0 Å². The maximum absolute atomic E-state index is 13.3. The van der Waals surface area contributed by atoms with Crippen molar-refractivity contribution in [2.24, 2.45) is 0 Å². The number of hydrogen-bond donors (Lipinski definition) is 0. The molecule has 0 spiro atoms. The van der Waals surface area contributed by atoms with Crippen molar-refractivity contribution in [3.8, 4) is 5.75 Å². The van der Waals surface area contributed by atoms with Crippen LogP contribution in [0.15, 0.2) is 24.3 Å². The molecule has 27 heavy (non-hydrogen) atoms. The quantitative estimate of drug-likeness (QED) is 0.744. The van der Waals surface area contributed by atoms with Crippen LogP contribution in [0.2, 0.25) is 0 Å². The molecule has 0 radical (unpaired) electrons. The van der Waals surface area contributed by atoms with Crippen molar-refractivity contribution in [1.82, 2.24) is 4.90 Å². The van der Waals surface area contributed by atoms with Gasteiger partial charge in [0.25, 0.3) is 0 Å². The number of amides is 1. The van der Waals surface area contributed by atoms with Gasteiger partial charge in [-0.05, 0) is 43.4 Å². The Bertz CT molecular complexity index is 698. The highest BCUT2D eigenvalue weighted by molar-refractivity contribution is 5.94. The molecule has 8 heteroatoms. The van der Waals surface area contributed by atoms with Crippen LogP contribution in [0.3, 0.4) is 0 Å². The highest BCUT2D eigenvalue weighted by Crippen LogP contribution is 2.50. The van der Waals surface area contributed by atoms with Crippen LogP contribution in [0, 0.1) is 0 Å². The Morgan fingerprint density at radius 3 is 2.33 bits per heavy atom. The number of likely N-dealkylation sites (tertiary alicyclic amines) is 1. The summed E-state index contributed by atoms with van der Waals surface area (Å²) in [6, 6.07) is 4.83. The molecule has 0 aromatic heterocycles. The number of hydrogen-bond acceptors (Lipinski definition) is 4. The van der Waals surface area contributed by atoms with Crippen LogP contribution < -0.4 is 4.74 Å². The van der Waals surface area contributed by atoms with Crippen LogP contribution in [-0.4, -0.2) is 42.8 Å². The number of benzene rings is 1. The Labute approximate surface area is 155 Å². The molecule has 1 aromatic carbocycles. The van der Waals surface area contributed by atoms with Gasteiger partial charge in [0, 0.05) is 6.54 Å². The Morgan fingerprint density at radius 1 is 1.11 bits per heavy atom. The minimum absolute atomic E-state index is 0.149. The molecular formula is C19H22F3NO4. The van der Waals surface area contributed by atoms with Crippen molar-refractivity contribution in [2.75, 3.05) is 13.7 Å². The van der Waals surface area contributed by atoms with E-state index in [-0.39, 0.29) is 11.7 Å². The SMILES string of the molecule is COC(=O)[C@H]1CCCCCN1C(=O)C1(c2ccc(OC(F)(F)F)cc2)CC1. The summed E-state index contributed by atoms with van der Waals surface area (Å²) in [5.41, 5.74) is -0.122. The van der Waals surface area contributed by atoms with E-state index in [0.29, 0.717) is 31.4 Å². The maximum Gasteiger partial charge on any atom is 0.573 e. The summed E-state index contributed by atoms with van der Waals surface area (Å²) in [6.45, 7) is 0.482. The number of carbonyl (C=O) groups excluding carboxylic acids is 2. The van der Waals surface area contributed by atoms with Gasteiger partial charge >= 0.3 is 12.3 Å². The molecule has 1 aliphatic heterocycles. The van der Waals surface area contributed by atoms with Crippen LogP contribution in [0.5, 0.6) is 5.75 Å². The fourth-order valence-electron chi connectivity index (χ4n) is 3.73. The van der Waals surface area contributed by atoms with Gasteiger partial charge < -0.3 is 14.4 Å². The molecule has 1 aromatic rings. The van der Waals surface area contributed by atoms with E-state index in [1.807, 2.05) is 0 Å². The molecule has 1 atom stereocenters. The summed E-state index contributed by atoms with van der Waals surface area (Å²) in [6.07, 6.45) is -0.381. The highest BCUT2D eigenvalue weighted by Gasteiger charge is 2.54. The minimum atomic E-state index is -4.76. The number of rotatable bonds is 4. The van der Waals surface area contributed by atoms with Gasteiger partial charge in [0.05, 0.1) is 12.5 Å². The van der Waals surface area contributed by atoms with Gasteiger partial charge in [-0.2, -0.15) is 0 Å². The van der Waals surface area contributed by atoms with Gasteiger partial charge in [-0.25, -0.2) is 4.79 Å². The molecule has 2 fully saturated rings. The van der Waals surface area contributed by atoms with Gasteiger partial charge in [-0.15, -0.1) is 13.2 Å². The van der Waals surface area contributed by atoms with Crippen LogP contribution in [-0.2, 0) is 19.7 Å². The summed E-state index contributed by atoms with van der Waals surface area (Å²) >= 11 is 0. The van der Waals surface area contributed by atoms with E-state index in [2.05, 4.69) is 4.74 Å². The predicted molar refractivity (Wildman–Crippen MR) is 90.0 cm³/mol. The summed E-state index contributed by atoms with van der Waals surface area (Å²) in [5, 5.41) is 0. The van der Waals surface area contributed by atoms with Crippen LogP contribution in [0.4, 0.5) is 13.2 Å². The summed E-state index contributed by atoms with van der Waals surface area (Å²) in [5.74, 6) is -0.893. The van der Waals surface area contributed by atoms with Gasteiger partial charge in [0.1, 0.15) is 11.8 Å². The lowest BCUT2D eigenvalue weighted by atomic mass is 9.93. The lowest BCUT2D eigenvalue weighted by Gasteiger charge is -2.32. The highest BCUT2D eigenvalue weighted by atomic mass is 19.4. The van der Waals surface area contributed by atoms with E-state index < -0.39 is 23.8 Å². The third-order valence-electron chi connectivity index (χ3n) is 5.29. The molecule has 5 nitrogen and oxygen atoms in total. The number of ether oxygens (including phenoxy) is 2. The molecule has 0 bridgehead atoms. The normalized spacial score (nSPS) is 21.9. The summed E-state index contributed by atoms with van der Waals surface area (Å²) in [7, 11) is 1.31. The zero-order chi connectivity index (χ0) is 19.7. The lowest BCUT2D eigenvalue weighted by molar-refractivity contribution is -0.274. The van der Waals surface area contributed by atoms with Crippen molar-refractivity contribution in [2.45, 2.75) is 56.3 Å². The molecule has 2 aliphatic rings. The topological polar surface area (TPSA) is 55.8 Å². The third-order valence-corrected chi connectivity index (χ3v) is 5.29. The molecule has 1 amide bonds. The smallest absolute Gasteiger partial charge is 0.467 e. The van der Waals surface area contributed by atoms with Crippen molar-refractivity contribution in [3.63, 3.8) is 0 Å². The molecule has 0 unspecified atom stereocenters. The predicted octanol–water partition coefficient (Wildman–Crippen LogP) is 3.56. The standard InChI is InChI=1S/C19H22F3NO4/c1-26-16(24)15-5-3-2-4-12-23(15)17(25)18(10-11-18)13-6-8-14(9-7-13)27-19(20,21)22/h6-9,15H,2-5,10-12H2,1H3/t15-/m1/s1. The van der Waals surface area contributed by atoms with Gasteiger partial charge in [0.15, 0.2) is 0 Å². The van der Waals surface area contributed by atoms with Crippen LogP contribution in [0.1, 0.15) is 44.1 Å². The molecule has 1 saturated heterocycles. The molecule has 1 saturated carbocycles. The fraction of sp³-hybridized carbons (Fsp3) is 0.579. The van der Waals surface area contributed by atoms with E-state index in [1.165, 1.54) is 31.4 Å². The molecule has 3 rings (SSSR count). The monoisotopic (exact) mass is 385 g/mol. The van der Waals surface area contributed by atoms with Crippen LogP contribution in [0.25, 0.3) is 0 Å². The maximum atomic E-state index is 13.3. The average Bonchev–Trinajstić information content (AvgIpc) is 3.44. The van der Waals surface area contributed by atoms with E-state index in [9.17, 15) is 22.8 Å². The molecule has 1 heterocycles. The second-order valence-corrected chi connectivity index (χ2v) is 7.04. The number of methoxy groups -OCH3 is 1. The molecule has 148 valence electrons. The van der Waals surface area contributed by atoms with E-state index in [0.717, 1.165) is 19.3 Å². The van der Waals surface area contributed by atoms with E-state index in [1.54, 1.807) is 4.90 Å². The Balaban J connectivity index is 1.81. The first kappa shape index (κ1) is 19.5. The lowest BCUT2D eigenvalue weighted by Crippen LogP contribution is -2.49. The molecular weight excluding hydrogens is 363 g/mol. The second kappa shape index (κ2) is 7.40. The van der Waals surface area contributed by atoms with Crippen molar-refractivity contribution >= 4 is 11.9 Å². The Morgan fingerprint density at radius 2 is 1.78 bits per heavy atom. The number of esters is 1. The van der Waals surface area contributed by atoms with Gasteiger partial charge in [-0.1, -0.05) is 25.0 Å². The third kappa shape index (κ3) is 4.20. The van der Waals surface area contributed by atoms with E-state index in [4.69, 9.17) is 4.74 Å². The number of halogens is 3. The first-order valence-corrected chi connectivity index (χ1v) is 9.02. The minimum Gasteiger partial charge on any atom is -0.467 e. The average molecular weight is 385 g/mol. The molecule has 1 aliphatic carbocycles. The fourth-order valence-corrected chi connectivity index (χ4v) is 3.73. The first-order chi connectivity index (χ1) is 12.8. The number of nitrogens with zero attached hydrogens (tertiary/aromatic N) is 1. The largest absolute Gasteiger partial charge is 0.573 e. The summed E-state index contributed by atoms with van der Waals surface area (Å²) < 4.78 is 45.7. The first-order valence-electron chi connectivity index (χ1n) is 9.02. The van der Waals surface area contributed by atoms with Crippen LogP contribution >= 0.6 is 0 Å². The number of alkyl halides is 3. The Kier molecular flexibility index (Phi) is 5.35. The van der Waals surface area contributed by atoms with Crippen molar-refractivity contribution < 1.29 is 32.2 Å². The zero-order valence-electron chi connectivity index (χ0n) is 15.1. The van der Waals surface area contributed by atoms with Gasteiger partial charge in [-0.3, -0.25) is 4.79 Å².